The largest absolute Gasteiger partial charge is 0.339 e. The summed E-state index contributed by atoms with van der Waals surface area (Å²) in [7, 11) is -1.87. The second-order valence-electron chi connectivity index (χ2n) is 8.21. The van der Waals surface area contributed by atoms with Gasteiger partial charge in [-0.1, -0.05) is 61.4 Å². The van der Waals surface area contributed by atoms with E-state index in [2.05, 4.69) is 0 Å². The zero-order chi connectivity index (χ0) is 22.6. The van der Waals surface area contributed by atoms with E-state index in [4.69, 9.17) is 0 Å². The third kappa shape index (κ3) is 4.70. The molecule has 5 nitrogen and oxygen atoms in total. The lowest BCUT2D eigenvalue weighted by Gasteiger charge is -2.26. The topological polar surface area (TPSA) is 57.7 Å². The van der Waals surface area contributed by atoms with Gasteiger partial charge in [0.1, 0.15) is 0 Å². The Bertz CT molecular complexity index is 1140. The highest BCUT2D eigenvalue weighted by Gasteiger charge is 2.26. The quantitative estimate of drug-likeness (QED) is 0.505. The molecule has 166 valence electrons. The van der Waals surface area contributed by atoms with E-state index < -0.39 is 10.0 Å². The van der Waals surface area contributed by atoms with Crippen LogP contribution in [0.5, 0.6) is 0 Å². The molecule has 0 saturated heterocycles. The van der Waals surface area contributed by atoms with E-state index in [-0.39, 0.29) is 17.3 Å². The monoisotopic (exact) mass is 448 g/mol. The third-order valence-electron chi connectivity index (χ3n) is 6.10. The highest BCUT2D eigenvalue weighted by Crippen LogP contribution is 2.27. The van der Waals surface area contributed by atoms with Crippen LogP contribution in [0.2, 0.25) is 0 Å². The van der Waals surface area contributed by atoms with Crippen molar-refractivity contribution in [3.63, 3.8) is 0 Å². The molecule has 0 N–H and O–H groups in total. The zero-order valence-electron chi connectivity index (χ0n) is 18.2. The molecule has 0 spiro atoms. The second kappa shape index (κ2) is 9.57. The summed E-state index contributed by atoms with van der Waals surface area (Å²) in [5.41, 5.74) is 2.03. The Kier molecular flexibility index (Phi) is 6.61. The number of amides is 1. The normalized spacial score (nSPS) is 14.3. The first-order valence-electron chi connectivity index (χ1n) is 11.0. The lowest BCUT2D eigenvalue weighted by Crippen LogP contribution is -2.35. The van der Waals surface area contributed by atoms with E-state index in [0.717, 1.165) is 18.4 Å². The fourth-order valence-electron chi connectivity index (χ4n) is 4.21. The fraction of sp³-hybridized carbons (Fsp3) is 0.269. The summed E-state index contributed by atoms with van der Waals surface area (Å²) in [5, 5.41) is 0. The number of nitrogens with zero attached hydrogens (tertiary/aromatic N) is 2. The summed E-state index contributed by atoms with van der Waals surface area (Å²) >= 11 is 0. The van der Waals surface area contributed by atoms with E-state index >= 15 is 0 Å². The SMILES string of the molecule is CN(C(=O)c1ccc(CN(c2ccccc2)S(=O)(=O)c2ccccc2)cc1)C1CCCC1. The average Bonchev–Trinajstić information content (AvgIpc) is 3.38. The van der Waals surface area contributed by atoms with Gasteiger partial charge in [-0.3, -0.25) is 9.10 Å². The van der Waals surface area contributed by atoms with E-state index in [9.17, 15) is 13.2 Å². The third-order valence-corrected chi connectivity index (χ3v) is 7.88. The van der Waals surface area contributed by atoms with Gasteiger partial charge in [0.2, 0.25) is 0 Å². The Hall–Kier alpha value is -3.12. The summed E-state index contributed by atoms with van der Waals surface area (Å²) in [6, 6.07) is 25.1. The van der Waals surface area contributed by atoms with Gasteiger partial charge in [0.25, 0.3) is 15.9 Å². The first kappa shape index (κ1) is 22.1. The number of hydrogen-bond donors (Lipinski definition) is 0. The molecular formula is C26H28N2O3S. The van der Waals surface area contributed by atoms with Crippen molar-refractivity contribution in [1.82, 2.24) is 4.90 Å². The van der Waals surface area contributed by atoms with Crippen molar-refractivity contribution in [2.45, 2.75) is 43.2 Å². The van der Waals surface area contributed by atoms with Crippen LogP contribution in [0, 0.1) is 0 Å². The molecule has 3 aromatic carbocycles. The molecule has 0 bridgehead atoms. The Labute approximate surface area is 190 Å². The summed E-state index contributed by atoms with van der Waals surface area (Å²) < 4.78 is 28.2. The molecular weight excluding hydrogens is 420 g/mol. The van der Waals surface area contributed by atoms with Crippen molar-refractivity contribution < 1.29 is 13.2 Å². The molecule has 0 aromatic heterocycles. The first-order chi connectivity index (χ1) is 15.5. The molecule has 4 rings (SSSR count). The van der Waals surface area contributed by atoms with E-state index in [0.29, 0.717) is 17.3 Å². The van der Waals surface area contributed by atoms with Crippen LogP contribution in [-0.4, -0.2) is 32.3 Å². The van der Waals surface area contributed by atoms with Gasteiger partial charge in [0.15, 0.2) is 0 Å². The van der Waals surface area contributed by atoms with Crippen LogP contribution in [0.15, 0.2) is 89.8 Å². The van der Waals surface area contributed by atoms with Gasteiger partial charge in [-0.25, -0.2) is 8.42 Å². The highest BCUT2D eigenvalue weighted by molar-refractivity contribution is 7.92. The summed E-state index contributed by atoms with van der Waals surface area (Å²) in [6.45, 7) is 0.175. The Morgan fingerprint density at radius 3 is 2.00 bits per heavy atom. The second-order valence-corrected chi connectivity index (χ2v) is 10.1. The summed E-state index contributed by atoms with van der Waals surface area (Å²) in [4.78, 5) is 14.9. The molecule has 0 heterocycles. The standard InChI is InChI=1S/C26H28N2O3S/c1-27(23-10-8-9-11-23)26(29)22-18-16-21(17-19-22)20-28(24-12-4-2-5-13-24)32(30,31)25-14-6-3-7-15-25/h2-7,12-19,23H,8-11,20H2,1H3. The number of para-hydroxylation sites is 1. The Balaban J connectivity index is 1.58. The van der Waals surface area contributed by atoms with Gasteiger partial charge in [0, 0.05) is 18.7 Å². The van der Waals surface area contributed by atoms with Gasteiger partial charge in [0.05, 0.1) is 17.1 Å². The maximum absolute atomic E-state index is 13.4. The molecule has 1 amide bonds. The minimum absolute atomic E-state index is 0.0141. The predicted octanol–water partition coefficient (Wildman–Crippen LogP) is 5.10. The van der Waals surface area contributed by atoms with Crippen LogP contribution in [0.1, 0.15) is 41.6 Å². The molecule has 0 aliphatic heterocycles. The molecule has 0 atom stereocenters. The van der Waals surface area contributed by atoms with Crippen molar-refractivity contribution in [3.05, 3.63) is 96.1 Å². The van der Waals surface area contributed by atoms with Crippen LogP contribution < -0.4 is 4.31 Å². The summed E-state index contributed by atoms with van der Waals surface area (Å²) in [5.74, 6) is 0.0141. The number of benzene rings is 3. The molecule has 1 aliphatic rings. The van der Waals surface area contributed by atoms with Crippen molar-refractivity contribution in [3.8, 4) is 0 Å². The van der Waals surface area contributed by atoms with Crippen LogP contribution >= 0.6 is 0 Å². The molecule has 6 heteroatoms. The number of hydrogen-bond acceptors (Lipinski definition) is 3. The van der Waals surface area contributed by atoms with Crippen LogP contribution in [-0.2, 0) is 16.6 Å². The van der Waals surface area contributed by atoms with Gasteiger partial charge >= 0.3 is 0 Å². The Morgan fingerprint density at radius 2 is 1.41 bits per heavy atom. The van der Waals surface area contributed by atoms with Crippen LogP contribution in [0.4, 0.5) is 5.69 Å². The maximum atomic E-state index is 13.4. The molecule has 3 aromatic rings. The van der Waals surface area contributed by atoms with E-state index in [1.54, 1.807) is 54.6 Å². The van der Waals surface area contributed by atoms with Crippen molar-refractivity contribution in [2.75, 3.05) is 11.4 Å². The van der Waals surface area contributed by atoms with Gasteiger partial charge in [-0.05, 0) is 54.8 Å². The van der Waals surface area contributed by atoms with Crippen LogP contribution in [0.25, 0.3) is 0 Å². The number of anilines is 1. The number of sulfonamides is 1. The lowest BCUT2D eigenvalue weighted by molar-refractivity contribution is 0.0735. The average molecular weight is 449 g/mol. The number of carbonyl (C=O) groups is 1. The minimum Gasteiger partial charge on any atom is -0.339 e. The first-order valence-corrected chi connectivity index (χ1v) is 12.4. The van der Waals surface area contributed by atoms with Gasteiger partial charge < -0.3 is 4.90 Å². The lowest BCUT2D eigenvalue weighted by atomic mass is 10.1. The molecule has 1 fully saturated rings. The van der Waals surface area contributed by atoms with Crippen molar-refractivity contribution in [1.29, 1.82) is 0 Å². The maximum Gasteiger partial charge on any atom is 0.264 e. The van der Waals surface area contributed by atoms with Gasteiger partial charge in [-0.2, -0.15) is 0 Å². The van der Waals surface area contributed by atoms with Gasteiger partial charge in [-0.15, -0.1) is 0 Å². The van der Waals surface area contributed by atoms with E-state index in [1.807, 2.05) is 42.3 Å². The predicted molar refractivity (Wildman–Crippen MR) is 127 cm³/mol. The van der Waals surface area contributed by atoms with Crippen LogP contribution in [0.3, 0.4) is 0 Å². The fourth-order valence-corrected chi connectivity index (χ4v) is 5.68. The van der Waals surface area contributed by atoms with Crippen molar-refractivity contribution in [2.24, 2.45) is 0 Å². The zero-order valence-corrected chi connectivity index (χ0v) is 19.0. The molecule has 1 saturated carbocycles. The number of rotatable bonds is 7. The Morgan fingerprint density at radius 1 is 0.844 bits per heavy atom. The highest BCUT2D eigenvalue weighted by atomic mass is 32.2. The van der Waals surface area contributed by atoms with Crippen molar-refractivity contribution >= 4 is 21.6 Å². The summed E-state index contributed by atoms with van der Waals surface area (Å²) in [6.07, 6.45) is 4.46. The molecule has 32 heavy (non-hydrogen) atoms. The smallest absolute Gasteiger partial charge is 0.264 e. The van der Waals surface area contributed by atoms with E-state index in [1.165, 1.54) is 17.1 Å². The minimum atomic E-state index is -3.75. The number of carbonyl (C=O) groups excluding carboxylic acids is 1. The molecule has 1 aliphatic carbocycles. The molecule has 0 radical (unpaired) electrons. The molecule has 0 unspecified atom stereocenters.